The summed E-state index contributed by atoms with van der Waals surface area (Å²) >= 11 is 3.44. The molecule has 0 radical (unpaired) electrons. The van der Waals surface area contributed by atoms with Crippen LogP contribution in [0.15, 0.2) is 33.3 Å². The van der Waals surface area contributed by atoms with Crippen molar-refractivity contribution < 1.29 is 9.32 Å². The topological polar surface area (TPSA) is 58.4 Å². The second-order valence-electron chi connectivity index (χ2n) is 5.38. The van der Waals surface area contributed by atoms with E-state index in [1.165, 1.54) is 0 Å². The van der Waals surface area contributed by atoms with Gasteiger partial charge in [-0.25, -0.2) is 4.79 Å². The molecule has 1 aromatic heterocycles. The summed E-state index contributed by atoms with van der Waals surface area (Å²) in [4.78, 5) is 13.9. The third kappa shape index (κ3) is 3.88. The monoisotopic (exact) mass is 365 g/mol. The van der Waals surface area contributed by atoms with Crippen molar-refractivity contribution in [3.05, 3.63) is 51.3 Å². The average Bonchev–Trinajstić information content (AvgIpc) is 2.79. The quantitative estimate of drug-likeness (QED) is 0.891. The van der Waals surface area contributed by atoms with Crippen molar-refractivity contribution in [2.75, 3.05) is 7.05 Å². The van der Waals surface area contributed by atoms with Crippen LogP contribution in [-0.4, -0.2) is 23.1 Å². The van der Waals surface area contributed by atoms with Crippen molar-refractivity contribution in [2.45, 2.75) is 33.4 Å². The Morgan fingerprint density at radius 2 is 2.18 bits per heavy atom. The molecule has 1 unspecified atom stereocenters. The second-order valence-corrected chi connectivity index (χ2v) is 6.30. The number of hydrogen-bond donors (Lipinski definition) is 1. The lowest BCUT2D eigenvalue weighted by atomic mass is 10.1. The Bertz CT molecular complexity index is 650. The molecule has 1 atom stereocenters. The number of aryl methyl sites for hydroxylation is 2. The Kier molecular flexibility index (Phi) is 5.24. The molecule has 0 aliphatic heterocycles. The lowest BCUT2D eigenvalue weighted by molar-refractivity contribution is 0.203. The molecule has 118 valence electrons. The average molecular weight is 366 g/mol. The molecule has 1 heterocycles. The van der Waals surface area contributed by atoms with Crippen LogP contribution < -0.4 is 5.32 Å². The van der Waals surface area contributed by atoms with Crippen LogP contribution in [0.1, 0.15) is 35.5 Å². The molecule has 6 heteroatoms. The minimum absolute atomic E-state index is 0.0721. The smallest absolute Gasteiger partial charge is 0.317 e. The summed E-state index contributed by atoms with van der Waals surface area (Å²) in [7, 11) is 1.76. The molecule has 0 aliphatic rings. The van der Waals surface area contributed by atoms with Gasteiger partial charge in [0.05, 0.1) is 18.3 Å². The highest BCUT2D eigenvalue weighted by molar-refractivity contribution is 9.10. The molecule has 22 heavy (non-hydrogen) atoms. The Labute approximate surface area is 138 Å². The molecular formula is C16H20BrN3O2. The number of aromatic nitrogens is 1. The van der Waals surface area contributed by atoms with Gasteiger partial charge in [-0.1, -0.05) is 33.2 Å². The molecule has 5 nitrogen and oxygen atoms in total. The molecule has 2 aromatic rings. The van der Waals surface area contributed by atoms with E-state index < -0.39 is 0 Å². The lowest BCUT2D eigenvalue weighted by Crippen LogP contribution is -2.38. The highest BCUT2D eigenvalue weighted by Gasteiger charge is 2.17. The Morgan fingerprint density at radius 1 is 1.45 bits per heavy atom. The number of carbonyl (C=O) groups excluding carboxylic acids is 1. The number of carbonyl (C=O) groups is 1. The van der Waals surface area contributed by atoms with E-state index in [4.69, 9.17) is 4.52 Å². The molecule has 2 rings (SSSR count). The summed E-state index contributed by atoms with van der Waals surface area (Å²) in [6.45, 7) is 6.16. The van der Waals surface area contributed by atoms with Gasteiger partial charge in [0.1, 0.15) is 5.76 Å². The van der Waals surface area contributed by atoms with E-state index in [2.05, 4.69) is 26.4 Å². The largest absolute Gasteiger partial charge is 0.361 e. The molecule has 1 aromatic carbocycles. The van der Waals surface area contributed by atoms with E-state index in [0.29, 0.717) is 6.54 Å². The summed E-state index contributed by atoms with van der Waals surface area (Å²) < 4.78 is 6.12. The van der Waals surface area contributed by atoms with Crippen LogP contribution in [0.25, 0.3) is 0 Å². The molecule has 0 fully saturated rings. The van der Waals surface area contributed by atoms with Crippen LogP contribution in [0.4, 0.5) is 4.79 Å². The van der Waals surface area contributed by atoms with Crippen LogP contribution in [0, 0.1) is 13.8 Å². The molecule has 2 amide bonds. The molecule has 1 N–H and O–H groups in total. The maximum atomic E-state index is 12.3. The number of benzene rings is 1. The first kappa shape index (κ1) is 16.5. The summed E-state index contributed by atoms with van der Waals surface area (Å²) in [6, 6.07) is 7.70. The number of nitrogens with zero attached hydrogens (tertiary/aromatic N) is 2. The molecule has 0 saturated heterocycles. The Morgan fingerprint density at radius 3 is 2.77 bits per heavy atom. The zero-order valence-electron chi connectivity index (χ0n) is 13.2. The van der Waals surface area contributed by atoms with Crippen LogP contribution >= 0.6 is 15.9 Å². The van der Waals surface area contributed by atoms with E-state index in [1.54, 1.807) is 11.9 Å². The maximum absolute atomic E-state index is 12.3. The summed E-state index contributed by atoms with van der Waals surface area (Å²) in [5, 5.41) is 6.90. The van der Waals surface area contributed by atoms with Gasteiger partial charge in [0.15, 0.2) is 0 Å². The molecule has 0 aliphatic carbocycles. The van der Waals surface area contributed by atoms with Crippen molar-refractivity contribution in [3.8, 4) is 0 Å². The van der Waals surface area contributed by atoms with Crippen molar-refractivity contribution in [1.82, 2.24) is 15.4 Å². The van der Waals surface area contributed by atoms with Crippen LogP contribution in [-0.2, 0) is 6.54 Å². The van der Waals surface area contributed by atoms with Crippen LogP contribution in [0.3, 0.4) is 0 Å². The standard InChI is InChI=1S/C16H20BrN3O2/c1-10(13-6-5-7-14(17)8-13)18-16(21)20(4)9-15-11(2)19-22-12(15)3/h5-8,10H,9H2,1-4H3,(H,18,21). The van der Waals surface area contributed by atoms with Gasteiger partial charge in [0.25, 0.3) is 0 Å². The van der Waals surface area contributed by atoms with Crippen LogP contribution in [0.2, 0.25) is 0 Å². The number of nitrogens with one attached hydrogen (secondary N) is 1. The van der Waals surface area contributed by atoms with Crippen molar-refractivity contribution in [1.29, 1.82) is 0 Å². The third-order valence-corrected chi connectivity index (χ3v) is 4.11. The van der Waals surface area contributed by atoms with Gasteiger partial charge in [0.2, 0.25) is 0 Å². The predicted molar refractivity (Wildman–Crippen MR) is 88.5 cm³/mol. The van der Waals surface area contributed by atoms with Gasteiger partial charge in [-0.15, -0.1) is 0 Å². The van der Waals surface area contributed by atoms with Crippen LogP contribution in [0.5, 0.6) is 0 Å². The fourth-order valence-corrected chi connectivity index (χ4v) is 2.61. The molecule has 0 saturated carbocycles. The summed E-state index contributed by atoms with van der Waals surface area (Å²) in [6.07, 6.45) is 0. The van der Waals surface area contributed by atoms with Crippen molar-refractivity contribution >= 4 is 22.0 Å². The normalized spacial score (nSPS) is 12.0. The van der Waals surface area contributed by atoms with Crippen molar-refractivity contribution in [2.24, 2.45) is 0 Å². The van der Waals surface area contributed by atoms with Gasteiger partial charge in [-0.05, 0) is 38.5 Å². The van der Waals surface area contributed by atoms with Gasteiger partial charge in [-0.2, -0.15) is 0 Å². The minimum atomic E-state index is -0.132. The SMILES string of the molecule is Cc1noc(C)c1CN(C)C(=O)NC(C)c1cccc(Br)c1. The predicted octanol–water partition coefficient (Wildman–Crippen LogP) is 3.96. The lowest BCUT2D eigenvalue weighted by Gasteiger charge is -2.21. The zero-order valence-corrected chi connectivity index (χ0v) is 14.8. The first-order valence-corrected chi connectivity index (χ1v) is 7.86. The number of amides is 2. The van der Waals surface area contributed by atoms with E-state index in [9.17, 15) is 4.79 Å². The summed E-state index contributed by atoms with van der Waals surface area (Å²) in [5.41, 5.74) is 2.82. The minimum Gasteiger partial charge on any atom is -0.361 e. The van der Waals surface area contributed by atoms with Gasteiger partial charge >= 0.3 is 6.03 Å². The van der Waals surface area contributed by atoms with Gasteiger partial charge < -0.3 is 14.7 Å². The highest BCUT2D eigenvalue weighted by atomic mass is 79.9. The van der Waals surface area contributed by atoms with Gasteiger partial charge in [-0.3, -0.25) is 0 Å². The van der Waals surface area contributed by atoms with E-state index in [1.807, 2.05) is 45.0 Å². The molecule has 0 bridgehead atoms. The first-order chi connectivity index (χ1) is 10.4. The van der Waals surface area contributed by atoms with Crippen molar-refractivity contribution in [3.63, 3.8) is 0 Å². The summed E-state index contributed by atoms with van der Waals surface area (Å²) in [5.74, 6) is 0.747. The Hall–Kier alpha value is -1.82. The molecule has 0 spiro atoms. The third-order valence-electron chi connectivity index (χ3n) is 3.61. The van der Waals surface area contributed by atoms with Gasteiger partial charge in [0, 0.05) is 17.1 Å². The van der Waals surface area contributed by atoms with E-state index in [-0.39, 0.29) is 12.1 Å². The first-order valence-electron chi connectivity index (χ1n) is 7.07. The second kappa shape index (κ2) is 6.96. The molecular weight excluding hydrogens is 346 g/mol. The fourth-order valence-electron chi connectivity index (χ4n) is 2.19. The zero-order chi connectivity index (χ0) is 16.3. The fraction of sp³-hybridized carbons (Fsp3) is 0.375. The number of urea groups is 1. The number of rotatable bonds is 4. The highest BCUT2D eigenvalue weighted by Crippen LogP contribution is 2.19. The Balaban J connectivity index is 1.99. The van der Waals surface area contributed by atoms with E-state index >= 15 is 0 Å². The number of halogens is 1. The van der Waals surface area contributed by atoms with E-state index in [0.717, 1.165) is 27.1 Å². The maximum Gasteiger partial charge on any atom is 0.317 e. The number of hydrogen-bond acceptors (Lipinski definition) is 3.